The number of aliphatic imine (C=N–C) groups is 1. The number of guanidine groups is 1. The summed E-state index contributed by atoms with van der Waals surface area (Å²) >= 11 is 0. The number of ether oxygens (including phenoxy) is 1. The van der Waals surface area contributed by atoms with Crippen molar-refractivity contribution in [1.29, 1.82) is 0 Å². The van der Waals surface area contributed by atoms with Crippen molar-refractivity contribution in [3.63, 3.8) is 0 Å². The summed E-state index contributed by atoms with van der Waals surface area (Å²) in [5.41, 5.74) is 0. The van der Waals surface area contributed by atoms with Gasteiger partial charge in [0, 0.05) is 61.6 Å². The van der Waals surface area contributed by atoms with Crippen LogP contribution in [-0.2, 0) is 20.3 Å². The first-order valence-corrected chi connectivity index (χ1v) is 12.3. The van der Waals surface area contributed by atoms with Gasteiger partial charge in [-0.3, -0.25) is 13.9 Å². The molecule has 2 rings (SSSR count). The van der Waals surface area contributed by atoms with Crippen LogP contribution in [0.15, 0.2) is 4.99 Å². The van der Waals surface area contributed by atoms with Crippen LogP contribution in [0, 0.1) is 0 Å². The molecule has 1 aliphatic carbocycles. The average Bonchev–Trinajstić information content (AvgIpc) is 2.74. The molecule has 3 unspecified atom stereocenters. The number of rotatable bonds is 9. The molecule has 9 heteroatoms. The molecule has 0 radical (unpaired) electrons. The van der Waals surface area contributed by atoms with Gasteiger partial charge in [-0.1, -0.05) is 13.3 Å². The van der Waals surface area contributed by atoms with E-state index in [0.717, 1.165) is 77.2 Å². The van der Waals surface area contributed by atoms with Crippen LogP contribution in [0.25, 0.3) is 0 Å². The summed E-state index contributed by atoms with van der Waals surface area (Å²) in [7, 11) is 2.73. The third kappa shape index (κ3) is 9.00. The normalized spacial score (nSPS) is 24.7. The molecule has 3 atom stereocenters. The first kappa shape index (κ1) is 24.1. The van der Waals surface area contributed by atoms with Gasteiger partial charge in [-0.25, -0.2) is 4.99 Å². The quantitative estimate of drug-likeness (QED) is 0.314. The first-order valence-electron chi connectivity index (χ1n) is 10.9. The smallest absolute Gasteiger partial charge is 0.243 e. The molecule has 2 fully saturated rings. The van der Waals surface area contributed by atoms with E-state index in [1.54, 1.807) is 19.0 Å². The number of morpholine rings is 1. The number of carbonyl (C=O) groups is 1. The Morgan fingerprint density at radius 1 is 1.28 bits per heavy atom. The van der Waals surface area contributed by atoms with E-state index in [9.17, 15) is 9.00 Å². The highest BCUT2D eigenvalue weighted by Crippen LogP contribution is 2.23. The van der Waals surface area contributed by atoms with Gasteiger partial charge in [0.25, 0.3) is 0 Å². The highest BCUT2D eigenvalue weighted by Gasteiger charge is 2.26. The third-order valence-corrected chi connectivity index (χ3v) is 7.28. The van der Waals surface area contributed by atoms with Crippen molar-refractivity contribution in [2.45, 2.75) is 50.3 Å². The Balaban J connectivity index is 1.85. The van der Waals surface area contributed by atoms with Crippen LogP contribution in [0.1, 0.15) is 39.0 Å². The summed E-state index contributed by atoms with van der Waals surface area (Å²) < 4.78 is 17.6. The lowest BCUT2D eigenvalue weighted by molar-refractivity contribution is -0.127. The predicted octanol–water partition coefficient (Wildman–Crippen LogP) is 0.412. The van der Waals surface area contributed by atoms with E-state index in [1.807, 2.05) is 6.92 Å². The third-order valence-electron chi connectivity index (χ3n) is 5.54. The Kier molecular flexibility index (Phi) is 10.9. The Labute approximate surface area is 178 Å². The first-order chi connectivity index (χ1) is 14.0. The molecule has 2 aliphatic rings. The van der Waals surface area contributed by atoms with Crippen molar-refractivity contribution in [1.82, 2.24) is 20.4 Å². The topological polar surface area (TPSA) is 86.3 Å². The van der Waals surface area contributed by atoms with E-state index in [2.05, 4.69) is 20.5 Å². The fraction of sp³-hybridized carbons (Fsp3) is 0.900. The maximum absolute atomic E-state index is 12.2. The predicted molar refractivity (Wildman–Crippen MR) is 119 cm³/mol. The second kappa shape index (κ2) is 13.2. The molecule has 2 N–H and O–H groups in total. The van der Waals surface area contributed by atoms with Crippen molar-refractivity contribution < 1.29 is 13.7 Å². The lowest BCUT2D eigenvalue weighted by Crippen LogP contribution is -2.47. The van der Waals surface area contributed by atoms with Gasteiger partial charge >= 0.3 is 0 Å². The van der Waals surface area contributed by atoms with Crippen molar-refractivity contribution >= 4 is 22.7 Å². The van der Waals surface area contributed by atoms with Crippen molar-refractivity contribution in [3.8, 4) is 0 Å². The SMILES string of the molecule is CCS(=O)C1CCCC(NC(=NCC(=O)N(C)C)NCCCN2CCOCC2)C1. The summed E-state index contributed by atoms with van der Waals surface area (Å²) in [6.45, 7) is 7.57. The lowest BCUT2D eigenvalue weighted by atomic mass is 9.95. The van der Waals surface area contributed by atoms with Gasteiger partial charge in [0.2, 0.25) is 5.91 Å². The van der Waals surface area contributed by atoms with E-state index in [0.29, 0.717) is 5.96 Å². The minimum Gasteiger partial charge on any atom is -0.379 e. The molecule has 29 heavy (non-hydrogen) atoms. The fourth-order valence-corrected chi connectivity index (χ4v) is 5.07. The number of hydrogen-bond acceptors (Lipinski definition) is 5. The lowest BCUT2D eigenvalue weighted by Gasteiger charge is -2.30. The Morgan fingerprint density at radius 2 is 2.03 bits per heavy atom. The summed E-state index contributed by atoms with van der Waals surface area (Å²) in [5.74, 6) is 1.39. The Bertz CT molecular complexity index is 552. The van der Waals surface area contributed by atoms with Crippen LogP contribution in [0.4, 0.5) is 0 Å². The summed E-state index contributed by atoms with van der Waals surface area (Å²) in [6.07, 6.45) is 5.08. The number of hydrogen-bond donors (Lipinski definition) is 2. The van der Waals surface area contributed by atoms with Crippen LogP contribution in [0.5, 0.6) is 0 Å². The zero-order valence-corrected chi connectivity index (χ0v) is 19.1. The van der Waals surface area contributed by atoms with Gasteiger partial charge in [0.15, 0.2) is 5.96 Å². The average molecular weight is 430 g/mol. The summed E-state index contributed by atoms with van der Waals surface area (Å²) in [4.78, 5) is 20.4. The molecule has 1 heterocycles. The highest BCUT2D eigenvalue weighted by molar-refractivity contribution is 7.85. The van der Waals surface area contributed by atoms with Gasteiger partial charge in [-0.2, -0.15) is 0 Å². The largest absolute Gasteiger partial charge is 0.379 e. The van der Waals surface area contributed by atoms with Gasteiger partial charge < -0.3 is 20.3 Å². The molecule has 1 amide bonds. The number of nitrogens with zero attached hydrogens (tertiary/aromatic N) is 3. The van der Waals surface area contributed by atoms with Gasteiger partial charge in [-0.05, 0) is 32.2 Å². The summed E-state index contributed by atoms with van der Waals surface area (Å²) in [5, 5.41) is 7.15. The zero-order chi connectivity index (χ0) is 21.1. The van der Waals surface area contributed by atoms with Gasteiger partial charge in [0.1, 0.15) is 6.54 Å². The Hall–Kier alpha value is -1.19. The fourth-order valence-electron chi connectivity index (χ4n) is 3.72. The standard InChI is InChI=1S/C20H39N5O3S/c1-4-29(27)18-8-5-7-17(15-18)23-20(22-16-19(26)24(2)3)21-9-6-10-25-11-13-28-14-12-25/h17-18H,4-16H2,1-3H3,(H2,21,22,23). The van der Waals surface area contributed by atoms with Crippen molar-refractivity contribution in [2.75, 3.05) is 65.8 Å². The molecule has 1 aliphatic heterocycles. The second-order valence-electron chi connectivity index (χ2n) is 7.99. The molecule has 0 aromatic heterocycles. The molecule has 1 saturated heterocycles. The van der Waals surface area contributed by atoms with E-state index < -0.39 is 10.8 Å². The zero-order valence-electron chi connectivity index (χ0n) is 18.3. The number of carbonyl (C=O) groups excluding carboxylic acids is 1. The molecular formula is C20H39N5O3S. The van der Waals surface area contributed by atoms with Crippen LogP contribution in [-0.4, -0.2) is 103 Å². The van der Waals surface area contributed by atoms with Crippen molar-refractivity contribution in [3.05, 3.63) is 0 Å². The Morgan fingerprint density at radius 3 is 2.72 bits per heavy atom. The van der Waals surface area contributed by atoms with E-state index in [-0.39, 0.29) is 23.7 Å². The molecular weight excluding hydrogens is 390 g/mol. The minimum atomic E-state index is -0.753. The van der Waals surface area contributed by atoms with E-state index in [4.69, 9.17) is 4.74 Å². The molecule has 0 bridgehead atoms. The van der Waals surface area contributed by atoms with E-state index in [1.165, 1.54) is 0 Å². The second-order valence-corrected chi connectivity index (χ2v) is 9.99. The van der Waals surface area contributed by atoms with Crippen LogP contribution in [0.2, 0.25) is 0 Å². The van der Waals surface area contributed by atoms with E-state index >= 15 is 0 Å². The van der Waals surface area contributed by atoms with Crippen LogP contribution in [0.3, 0.4) is 0 Å². The molecule has 0 aromatic carbocycles. The molecule has 8 nitrogen and oxygen atoms in total. The molecule has 168 valence electrons. The highest BCUT2D eigenvalue weighted by atomic mass is 32.2. The number of amides is 1. The van der Waals surface area contributed by atoms with Crippen molar-refractivity contribution in [2.24, 2.45) is 4.99 Å². The van der Waals surface area contributed by atoms with Gasteiger partial charge in [-0.15, -0.1) is 0 Å². The minimum absolute atomic E-state index is 0.0203. The molecule has 1 saturated carbocycles. The monoisotopic (exact) mass is 429 g/mol. The maximum atomic E-state index is 12.2. The number of likely N-dealkylation sites (N-methyl/N-ethyl adjacent to an activating group) is 1. The molecule has 0 spiro atoms. The number of nitrogens with one attached hydrogen (secondary N) is 2. The maximum Gasteiger partial charge on any atom is 0.243 e. The molecule has 0 aromatic rings. The van der Waals surface area contributed by atoms with Crippen LogP contribution < -0.4 is 10.6 Å². The summed E-state index contributed by atoms with van der Waals surface area (Å²) in [6, 6.07) is 0.254. The van der Waals surface area contributed by atoms with Gasteiger partial charge in [0.05, 0.1) is 13.2 Å². The van der Waals surface area contributed by atoms with Crippen LogP contribution >= 0.6 is 0 Å².